The van der Waals surface area contributed by atoms with Crippen LogP contribution in [0, 0.1) is 6.92 Å². The van der Waals surface area contributed by atoms with Crippen molar-refractivity contribution in [1.82, 2.24) is 14.4 Å². The quantitative estimate of drug-likeness (QED) is 0.717. The fourth-order valence-corrected chi connectivity index (χ4v) is 3.80. The van der Waals surface area contributed by atoms with E-state index in [1.807, 2.05) is 24.1 Å². The average Bonchev–Trinajstić information content (AvgIpc) is 3.32. The van der Waals surface area contributed by atoms with Gasteiger partial charge >= 0.3 is 0 Å². The van der Waals surface area contributed by atoms with Gasteiger partial charge in [-0.2, -0.15) is 0 Å². The summed E-state index contributed by atoms with van der Waals surface area (Å²) in [5, 5.41) is 1.14. The van der Waals surface area contributed by atoms with Crippen molar-refractivity contribution >= 4 is 22.7 Å². The highest BCUT2D eigenvalue weighted by Gasteiger charge is 2.27. The highest BCUT2D eigenvalue weighted by molar-refractivity contribution is 5.92. The van der Waals surface area contributed by atoms with E-state index in [4.69, 9.17) is 4.42 Å². The van der Waals surface area contributed by atoms with E-state index in [2.05, 4.69) is 23.6 Å². The lowest BCUT2D eigenvalue weighted by molar-refractivity contribution is -0.131. The molecular formula is C21H23N3O3. The Labute approximate surface area is 158 Å². The standard InChI is InChI=1S/C21H23N3O3/c1-15-17(16-6-3-4-7-18(16)22(15)2)14-20(25)23-9-11-24(12-10-23)21(26)19-8-5-13-27-19/h3-8,13H,9-12,14H2,1-2H3. The summed E-state index contributed by atoms with van der Waals surface area (Å²) in [6.45, 7) is 4.21. The minimum absolute atomic E-state index is 0.111. The van der Waals surface area contributed by atoms with Gasteiger partial charge in [0.2, 0.25) is 5.91 Å². The van der Waals surface area contributed by atoms with Crippen LogP contribution in [-0.2, 0) is 18.3 Å². The van der Waals surface area contributed by atoms with E-state index in [0.717, 1.165) is 22.2 Å². The van der Waals surface area contributed by atoms with E-state index in [1.165, 1.54) is 6.26 Å². The summed E-state index contributed by atoms with van der Waals surface area (Å²) in [7, 11) is 2.03. The molecule has 0 spiro atoms. The lowest BCUT2D eigenvalue weighted by atomic mass is 10.1. The molecule has 140 valence electrons. The number of aryl methyl sites for hydroxylation is 1. The molecule has 1 aliphatic heterocycles. The Balaban J connectivity index is 1.43. The van der Waals surface area contributed by atoms with E-state index in [-0.39, 0.29) is 11.8 Å². The normalized spacial score (nSPS) is 14.7. The molecule has 27 heavy (non-hydrogen) atoms. The molecule has 0 radical (unpaired) electrons. The van der Waals surface area contributed by atoms with Crippen LogP contribution in [0.15, 0.2) is 47.1 Å². The van der Waals surface area contributed by atoms with Gasteiger partial charge in [0.1, 0.15) is 0 Å². The Hall–Kier alpha value is -3.02. The number of carbonyl (C=O) groups excluding carboxylic acids is 2. The van der Waals surface area contributed by atoms with Crippen molar-refractivity contribution in [2.75, 3.05) is 26.2 Å². The van der Waals surface area contributed by atoms with Gasteiger partial charge < -0.3 is 18.8 Å². The molecule has 3 heterocycles. The molecule has 2 aromatic heterocycles. The number of para-hydroxylation sites is 1. The van der Waals surface area contributed by atoms with Crippen LogP contribution in [0.5, 0.6) is 0 Å². The largest absolute Gasteiger partial charge is 0.459 e. The molecule has 0 saturated carbocycles. The van der Waals surface area contributed by atoms with Gasteiger partial charge in [-0.3, -0.25) is 9.59 Å². The predicted molar refractivity (Wildman–Crippen MR) is 103 cm³/mol. The molecule has 0 bridgehead atoms. The van der Waals surface area contributed by atoms with Crippen molar-refractivity contribution in [2.45, 2.75) is 13.3 Å². The molecule has 0 unspecified atom stereocenters. The van der Waals surface area contributed by atoms with Gasteiger partial charge in [0.15, 0.2) is 5.76 Å². The van der Waals surface area contributed by atoms with Crippen molar-refractivity contribution in [3.8, 4) is 0 Å². The maximum Gasteiger partial charge on any atom is 0.289 e. The SMILES string of the molecule is Cc1c(CC(=O)N2CCN(C(=O)c3ccco3)CC2)c2ccccc2n1C. The van der Waals surface area contributed by atoms with Crippen molar-refractivity contribution in [2.24, 2.45) is 7.05 Å². The fourth-order valence-electron chi connectivity index (χ4n) is 3.80. The van der Waals surface area contributed by atoms with Gasteiger partial charge in [0.05, 0.1) is 12.7 Å². The van der Waals surface area contributed by atoms with E-state index >= 15 is 0 Å². The van der Waals surface area contributed by atoms with E-state index in [1.54, 1.807) is 17.0 Å². The second kappa shape index (κ2) is 6.95. The first-order chi connectivity index (χ1) is 13.1. The molecule has 0 atom stereocenters. The third-order valence-corrected chi connectivity index (χ3v) is 5.51. The first-order valence-electron chi connectivity index (χ1n) is 9.19. The lowest BCUT2D eigenvalue weighted by Gasteiger charge is -2.34. The number of furan rings is 1. The lowest BCUT2D eigenvalue weighted by Crippen LogP contribution is -2.51. The molecule has 3 aromatic rings. The molecule has 4 rings (SSSR count). The molecule has 1 aromatic carbocycles. The van der Waals surface area contributed by atoms with Crippen LogP contribution >= 0.6 is 0 Å². The summed E-state index contributed by atoms with van der Waals surface area (Å²) in [5.41, 5.74) is 3.36. The summed E-state index contributed by atoms with van der Waals surface area (Å²) >= 11 is 0. The summed E-state index contributed by atoms with van der Waals surface area (Å²) in [4.78, 5) is 28.8. The summed E-state index contributed by atoms with van der Waals surface area (Å²) in [6, 6.07) is 11.6. The molecule has 6 nitrogen and oxygen atoms in total. The smallest absolute Gasteiger partial charge is 0.289 e. The zero-order valence-corrected chi connectivity index (χ0v) is 15.6. The number of piperazine rings is 1. The molecule has 1 fully saturated rings. The number of fused-ring (bicyclic) bond motifs is 1. The maximum atomic E-state index is 12.9. The molecule has 6 heteroatoms. The van der Waals surface area contributed by atoms with Gasteiger partial charge in [0, 0.05) is 49.8 Å². The Morgan fingerprint density at radius 3 is 2.41 bits per heavy atom. The number of hydrogen-bond donors (Lipinski definition) is 0. The highest BCUT2D eigenvalue weighted by atomic mass is 16.3. The molecule has 2 amide bonds. The van der Waals surface area contributed by atoms with E-state index < -0.39 is 0 Å². The monoisotopic (exact) mass is 365 g/mol. The second-order valence-corrected chi connectivity index (χ2v) is 6.97. The van der Waals surface area contributed by atoms with Crippen LogP contribution < -0.4 is 0 Å². The van der Waals surface area contributed by atoms with Crippen molar-refractivity contribution in [1.29, 1.82) is 0 Å². The van der Waals surface area contributed by atoms with E-state index in [0.29, 0.717) is 38.4 Å². The number of amides is 2. The van der Waals surface area contributed by atoms with Crippen molar-refractivity contribution < 1.29 is 14.0 Å². The number of aromatic nitrogens is 1. The Morgan fingerprint density at radius 1 is 1.00 bits per heavy atom. The topological polar surface area (TPSA) is 58.7 Å². The van der Waals surface area contributed by atoms with Gasteiger partial charge in [-0.25, -0.2) is 0 Å². The van der Waals surface area contributed by atoms with Crippen LogP contribution in [-0.4, -0.2) is 52.4 Å². The summed E-state index contributed by atoms with van der Waals surface area (Å²) in [5.74, 6) is 0.345. The minimum Gasteiger partial charge on any atom is -0.459 e. The van der Waals surface area contributed by atoms with Gasteiger partial charge in [-0.15, -0.1) is 0 Å². The number of benzene rings is 1. The van der Waals surface area contributed by atoms with Crippen LogP contribution in [0.2, 0.25) is 0 Å². The van der Waals surface area contributed by atoms with Crippen molar-refractivity contribution in [3.63, 3.8) is 0 Å². The number of nitrogens with zero attached hydrogens (tertiary/aromatic N) is 3. The summed E-state index contributed by atoms with van der Waals surface area (Å²) < 4.78 is 7.32. The average molecular weight is 365 g/mol. The maximum absolute atomic E-state index is 12.9. The number of hydrogen-bond acceptors (Lipinski definition) is 3. The van der Waals surface area contributed by atoms with Gasteiger partial charge in [-0.1, -0.05) is 18.2 Å². The molecule has 1 aliphatic rings. The number of carbonyl (C=O) groups is 2. The molecule has 0 aliphatic carbocycles. The van der Waals surface area contributed by atoms with E-state index in [9.17, 15) is 9.59 Å². The minimum atomic E-state index is -0.114. The molecular weight excluding hydrogens is 342 g/mol. The second-order valence-electron chi connectivity index (χ2n) is 6.97. The molecule has 0 N–H and O–H groups in total. The van der Waals surface area contributed by atoms with Crippen molar-refractivity contribution in [3.05, 3.63) is 59.7 Å². The Kier molecular flexibility index (Phi) is 4.48. The third-order valence-electron chi connectivity index (χ3n) is 5.51. The first-order valence-corrected chi connectivity index (χ1v) is 9.19. The predicted octanol–water partition coefficient (Wildman–Crippen LogP) is 2.61. The zero-order valence-electron chi connectivity index (χ0n) is 15.6. The zero-order chi connectivity index (χ0) is 19.0. The van der Waals surface area contributed by atoms with Crippen LogP contribution in [0.1, 0.15) is 21.8 Å². The Morgan fingerprint density at radius 2 is 1.70 bits per heavy atom. The van der Waals surface area contributed by atoms with Gasteiger partial charge in [0.25, 0.3) is 5.91 Å². The number of rotatable bonds is 3. The Bertz CT molecular complexity index is 980. The van der Waals surface area contributed by atoms with Crippen LogP contribution in [0.4, 0.5) is 0 Å². The fraction of sp³-hybridized carbons (Fsp3) is 0.333. The van der Waals surface area contributed by atoms with Gasteiger partial charge in [-0.05, 0) is 30.7 Å². The third kappa shape index (κ3) is 3.12. The first kappa shape index (κ1) is 17.4. The summed E-state index contributed by atoms with van der Waals surface area (Å²) in [6.07, 6.45) is 1.89. The highest BCUT2D eigenvalue weighted by Crippen LogP contribution is 2.25. The van der Waals surface area contributed by atoms with Crippen LogP contribution in [0.3, 0.4) is 0 Å². The molecule has 1 saturated heterocycles. The van der Waals surface area contributed by atoms with Crippen LogP contribution in [0.25, 0.3) is 10.9 Å².